The molecule has 1 fully saturated rings. The second-order valence-corrected chi connectivity index (χ2v) is 8.46. The highest BCUT2D eigenvalue weighted by Gasteiger charge is 2.41. The lowest BCUT2D eigenvalue weighted by atomic mass is 9.57. The molecule has 0 radical (unpaired) electrons. The molecule has 2 rings (SSSR count). The first kappa shape index (κ1) is 19.9. The van der Waals surface area contributed by atoms with Gasteiger partial charge in [0.25, 0.3) is 0 Å². The molecule has 0 bridgehead atoms. The van der Waals surface area contributed by atoms with Gasteiger partial charge in [0, 0.05) is 11.9 Å². The summed E-state index contributed by atoms with van der Waals surface area (Å²) < 4.78 is 5.14. The van der Waals surface area contributed by atoms with Crippen molar-refractivity contribution in [1.82, 2.24) is 10.1 Å². The van der Waals surface area contributed by atoms with Crippen LogP contribution in [-0.4, -0.2) is 21.2 Å². The van der Waals surface area contributed by atoms with Crippen molar-refractivity contribution in [2.24, 2.45) is 10.8 Å². The van der Waals surface area contributed by atoms with E-state index in [1.165, 1.54) is 32.1 Å². The average molecular weight is 351 g/mol. The smallest absolute Gasteiger partial charge is 0.230 e. The number of aromatic nitrogens is 2. The van der Waals surface area contributed by atoms with Gasteiger partial charge in [0.2, 0.25) is 5.89 Å². The fourth-order valence-electron chi connectivity index (χ4n) is 4.30. The lowest BCUT2D eigenvalue weighted by Gasteiger charge is -2.48. The monoisotopic (exact) mass is 351 g/mol. The second-order valence-electron chi connectivity index (χ2n) is 8.46. The minimum Gasteiger partial charge on any atom is -0.550 e. The molecule has 1 heterocycles. The molecule has 6 heteroatoms. The summed E-state index contributed by atoms with van der Waals surface area (Å²) >= 11 is 0. The van der Waals surface area contributed by atoms with Crippen LogP contribution in [0.5, 0.6) is 0 Å². The maximum absolute atomic E-state index is 11.1. The van der Waals surface area contributed by atoms with Crippen LogP contribution in [0.15, 0.2) is 4.52 Å². The molecule has 1 aliphatic rings. The van der Waals surface area contributed by atoms with Crippen LogP contribution in [-0.2, 0) is 11.4 Å². The molecule has 1 N–H and O–H groups in total. The van der Waals surface area contributed by atoms with E-state index >= 15 is 0 Å². The van der Waals surface area contributed by atoms with Crippen LogP contribution in [0, 0.1) is 10.8 Å². The number of aliphatic carboxylic acids is 1. The summed E-state index contributed by atoms with van der Waals surface area (Å²) in [7, 11) is 0. The topological polar surface area (TPSA) is 99.3 Å². The van der Waals surface area contributed by atoms with Gasteiger partial charge >= 0.3 is 0 Å². The Labute approximate surface area is 150 Å². The predicted octanol–water partition coefficient (Wildman–Crippen LogP) is 2.95. The van der Waals surface area contributed by atoms with E-state index < -0.39 is 5.97 Å². The molecule has 0 amide bonds. The molecular weight excluding hydrogens is 320 g/mol. The van der Waals surface area contributed by atoms with E-state index in [0.29, 0.717) is 17.7 Å². The number of nitrogens with zero attached hydrogens (tertiary/aromatic N) is 2. The van der Waals surface area contributed by atoms with Crippen molar-refractivity contribution in [1.29, 1.82) is 0 Å². The normalized spacial score (nSPS) is 18.9. The summed E-state index contributed by atoms with van der Waals surface area (Å²) in [6, 6.07) is 0. The molecule has 0 aliphatic heterocycles. The molecule has 142 valence electrons. The van der Waals surface area contributed by atoms with Crippen LogP contribution in [0.2, 0.25) is 0 Å². The van der Waals surface area contributed by atoms with E-state index in [2.05, 4.69) is 30.9 Å². The van der Waals surface area contributed by atoms with E-state index in [1.807, 2.05) is 0 Å². The minimum atomic E-state index is -1.11. The summed E-state index contributed by atoms with van der Waals surface area (Å²) in [6.07, 6.45) is 8.93. The summed E-state index contributed by atoms with van der Waals surface area (Å²) in [6.45, 7) is 6.65. The Hall–Kier alpha value is -1.43. The van der Waals surface area contributed by atoms with Gasteiger partial charge < -0.3 is 19.5 Å². The van der Waals surface area contributed by atoms with Crippen LogP contribution in [0.4, 0.5) is 0 Å². The van der Waals surface area contributed by atoms with Crippen molar-refractivity contribution in [3.63, 3.8) is 0 Å². The lowest BCUT2D eigenvalue weighted by molar-refractivity contribution is -0.306. The van der Waals surface area contributed by atoms with Gasteiger partial charge in [-0.2, -0.15) is 4.98 Å². The van der Waals surface area contributed by atoms with Crippen LogP contribution in [0.25, 0.3) is 0 Å². The number of carbonyl (C=O) groups excluding carboxylic acids is 1. The Balaban J connectivity index is 2.02. The third-order valence-corrected chi connectivity index (χ3v) is 6.00. The van der Waals surface area contributed by atoms with Gasteiger partial charge in [0.1, 0.15) is 6.61 Å². The van der Waals surface area contributed by atoms with Crippen molar-refractivity contribution in [2.75, 3.05) is 0 Å². The Morgan fingerprint density at radius 1 is 1.32 bits per heavy atom. The van der Waals surface area contributed by atoms with Gasteiger partial charge in [0.05, 0.1) is 0 Å². The zero-order chi connectivity index (χ0) is 18.5. The number of aliphatic hydroxyl groups excluding tert-OH is 1. The number of hydrogen-bond donors (Lipinski definition) is 1. The maximum Gasteiger partial charge on any atom is 0.230 e. The number of carboxylic acids is 1. The first-order valence-corrected chi connectivity index (χ1v) is 9.40. The lowest BCUT2D eigenvalue weighted by Crippen LogP contribution is -2.37. The molecule has 1 aromatic heterocycles. The van der Waals surface area contributed by atoms with E-state index in [9.17, 15) is 9.90 Å². The van der Waals surface area contributed by atoms with Gasteiger partial charge in [-0.05, 0) is 42.9 Å². The standard InChI is InChI=1S/C19H32N2O4/c1-18(2,3)19(9-5-4-6-10-19)11-7-8-14(12-16(23)24)17-20-15(13-22)21-25-17/h14,22H,4-13H2,1-3H3,(H,23,24)/p-1. The van der Waals surface area contributed by atoms with E-state index in [0.717, 1.165) is 12.8 Å². The highest BCUT2D eigenvalue weighted by atomic mass is 16.5. The molecule has 1 unspecified atom stereocenters. The zero-order valence-corrected chi connectivity index (χ0v) is 15.7. The van der Waals surface area contributed by atoms with Crippen molar-refractivity contribution in [3.8, 4) is 0 Å². The predicted molar refractivity (Wildman–Crippen MR) is 91.4 cm³/mol. The van der Waals surface area contributed by atoms with Gasteiger partial charge in [-0.1, -0.05) is 51.6 Å². The van der Waals surface area contributed by atoms with Crippen LogP contribution >= 0.6 is 0 Å². The number of aliphatic hydroxyl groups is 1. The molecular formula is C19H31N2O4-. The Morgan fingerprint density at radius 2 is 2.00 bits per heavy atom. The SMILES string of the molecule is CC(C)(C)C1(CCCC(CC(=O)[O-])c2nc(CO)no2)CCCCC1. The first-order valence-electron chi connectivity index (χ1n) is 9.40. The molecule has 0 aromatic carbocycles. The van der Waals surface area contributed by atoms with Crippen molar-refractivity contribution in [3.05, 3.63) is 11.7 Å². The van der Waals surface area contributed by atoms with Crippen molar-refractivity contribution >= 4 is 5.97 Å². The Morgan fingerprint density at radius 3 is 2.52 bits per heavy atom. The van der Waals surface area contributed by atoms with Crippen LogP contribution in [0.1, 0.15) is 96.2 Å². The van der Waals surface area contributed by atoms with Crippen LogP contribution < -0.4 is 5.11 Å². The zero-order valence-electron chi connectivity index (χ0n) is 15.7. The molecule has 1 saturated carbocycles. The number of carbonyl (C=O) groups is 1. The molecule has 1 aliphatic carbocycles. The molecule has 25 heavy (non-hydrogen) atoms. The molecule has 1 atom stereocenters. The summed E-state index contributed by atoms with van der Waals surface area (Å²) in [4.78, 5) is 15.2. The Bertz CT molecular complexity index is 556. The molecule has 0 saturated heterocycles. The third kappa shape index (κ3) is 5.03. The number of rotatable bonds is 8. The molecule has 0 spiro atoms. The molecule has 6 nitrogen and oxygen atoms in total. The highest BCUT2D eigenvalue weighted by Crippen LogP contribution is 2.53. The third-order valence-electron chi connectivity index (χ3n) is 6.00. The van der Waals surface area contributed by atoms with E-state index in [4.69, 9.17) is 9.63 Å². The van der Waals surface area contributed by atoms with Gasteiger partial charge in [0.15, 0.2) is 5.82 Å². The van der Waals surface area contributed by atoms with Gasteiger partial charge in [-0.15, -0.1) is 0 Å². The maximum atomic E-state index is 11.1. The largest absolute Gasteiger partial charge is 0.550 e. The van der Waals surface area contributed by atoms with Crippen LogP contribution in [0.3, 0.4) is 0 Å². The quantitative estimate of drug-likeness (QED) is 0.773. The highest BCUT2D eigenvalue weighted by molar-refractivity contribution is 5.65. The second kappa shape index (κ2) is 8.30. The molecule has 1 aromatic rings. The minimum absolute atomic E-state index is 0.129. The summed E-state index contributed by atoms with van der Waals surface area (Å²) in [5, 5.41) is 23.8. The van der Waals surface area contributed by atoms with Crippen molar-refractivity contribution in [2.45, 2.75) is 91.1 Å². The number of hydrogen-bond acceptors (Lipinski definition) is 6. The van der Waals surface area contributed by atoms with Gasteiger partial charge in [-0.25, -0.2) is 0 Å². The fraction of sp³-hybridized carbons (Fsp3) is 0.842. The summed E-state index contributed by atoms with van der Waals surface area (Å²) in [5.74, 6) is -0.978. The number of carboxylic acid groups (broad SMARTS) is 1. The average Bonchev–Trinajstić information content (AvgIpc) is 3.02. The Kier molecular flexibility index (Phi) is 6.60. The van der Waals surface area contributed by atoms with E-state index in [1.54, 1.807) is 0 Å². The fourth-order valence-corrected chi connectivity index (χ4v) is 4.30. The van der Waals surface area contributed by atoms with Crippen molar-refractivity contribution < 1.29 is 19.5 Å². The van der Waals surface area contributed by atoms with E-state index in [-0.39, 0.29) is 30.2 Å². The van der Waals surface area contributed by atoms with Gasteiger partial charge in [-0.3, -0.25) is 0 Å². The first-order chi connectivity index (χ1) is 11.8. The summed E-state index contributed by atoms with van der Waals surface area (Å²) in [5.41, 5.74) is 0.564.